The van der Waals surface area contributed by atoms with Crippen LogP contribution in [-0.2, 0) is 20.7 Å². The number of amides is 4. The summed E-state index contributed by atoms with van der Waals surface area (Å²) in [6, 6.07) is 13.6. The van der Waals surface area contributed by atoms with E-state index in [0.717, 1.165) is 35.3 Å². The third-order valence-electron chi connectivity index (χ3n) is 8.69. The molecule has 2 aromatic carbocycles. The normalized spacial score (nSPS) is 17.1. The molecule has 0 unspecified atom stereocenters. The summed E-state index contributed by atoms with van der Waals surface area (Å²) < 4.78 is 18.8. The second-order valence-corrected chi connectivity index (χ2v) is 11.9. The molecule has 238 valence electrons. The van der Waals surface area contributed by atoms with Gasteiger partial charge in [-0.15, -0.1) is 0 Å². The summed E-state index contributed by atoms with van der Waals surface area (Å²) in [5.41, 5.74) is 1.31. The van der Waals surface area contributed by atoms with Crippen molar-refractivity contribution < 1.29 is 33.4 Å². The molecule has 0 spiro atoms. The van der Waals surface area contributed by atoms with E-state index < -0.39 is 35.3 Å². The first-order valence-corrected chi connectivity index (χ1v) is 15.4. The minimum Gasteiger partial charge on any atom is -0.465 e. The van der Waals surface area contributed by atoms with Crippen LogP contribution in [0.5, 0.6) is 0 Å². The molecule has 2 fully saturated rings. The van der Waals surface area contributed by atoms with Crippen molar-refractivity contribution in [1.29, 1.82) is 0 Å². The predicted molar refractivity (Wildman–Crippen MR) is 163 cm³/mol. The van der Waals surface area contributed by atoms with Crippen molar-refractivity contribution in [2.75, 3.05) is 39.4 Å². The molecule has 44 heavy (non-hydrogen) atoms. The van der Waals surface area contributed by atoms with Gasteiger partial charge >= 0.3 is 12.1 Å². The summed E-state index contributed by atoms with van der Waals surface area (Å²) in [6.07, 6.45) is 2.80. The van der Waals surface area contributed by atoms with E-state index in [0.29, 0.717) is 52.1 Å². The molecule has 4 rings (SSSR count). The van der Waals surface area contributed by atoms with Gasteiger partial charge in [-0.05, 0) is 74.1 Å². The standard InChI is InChI=1S/C33H43FN4O6/c1-24(26-8-3-2-4-9-26)36-30(40)29(39)28(10-5-6-17-35-31(41)37-18-20-44-21-19-37)38(32(42)43)23-33(15-7-16-33)22-25-11-13-27(34)14-12-25/h2-4,8-9,11-14,24,28H,5-7,10,15-23H2,1H3,(H,35,41)(H,36,40)(H,42,43)/t24-,28+/m1/s1. The third kappa shape index (κ3) is 9.01. The van der Waals surface area contributed by atoms with E-state index in [1.54, 1.807) is 24.0 Å². The molecule has 2 atom stereocenters. The lowest BCUT2D eigenvalue weighted by molar-refractivity contribution is -0.141. The van der Waals surface area contributed by atoms with E-state index in [9.17, 15) is 28.7 Å². The van der Waals surface area contributed by atoms with Gasteiger partial charge in [0.05, 0.1) is 19.3 Å². The topological polar surface area (TPSA) is 128 Å². The van der Waals surface area contributed by atoms with E-state index in [2.05, 4.69) is 10.6 Å². The highest BCUT2D eigenvalue weighted by atomic mass is 19.1. The maximum Gasteiger partial charge on any atom is 0.407 e. The van der Waals surface area contributed by atoms with Gasteiger partial charge in [-0.25, -0.2) is 14.0 Å². The Morgan fingerprint density at radius 3 is 2.32 bits per heavy atom. The number of urea groups is 1. The molecular formula is C33H43FN4O6. The molecule has 1 aliphatic heterocycles. The van der Waals surface area contributed by atoms with Crippen molar-refractivity contribution in [3.63, 3.8) is 0 Å². The first kappa shape index (κ1) is 32.9. The molecule has 11 heteroatoms. The van der Waals surface area contributed by atoms with Crippen LogP contribution in [0.4, 0.5) is 14.0 Å². The van der Waals surface area contributed by atoms with Crippen molar-refractivity contribution in [3.05, 3.63) is 71.5 Å². The zero-order chi connectivity index (χ0) is 31.5. The monoisotopic (exact) mass is 610 g/mol. The van der Waals surface area contributed by atoms with Crippen molar-refractivity contribution in [1.82, 2.24) is 20.4 Å². The minimum atomic E-state index is -1.27. The van der Waals surface area contributed by atoms with Gasteiger partial charge in [-0.1, -0.05) is 48.9 Å². The van der Waals surface area contributed by atoms with E-state index in [1.807, 2.05) is 30.3 Å². The number of nitrogens with zero attached hydrogens (tertiary/aromatic N) is 2. The van der Waals surface area contributed by atoms with Crippen LogP contribution >= 0.6 is 0 Å². The maximum absolute atomic E-state index is 13.7. The Morgan fingerprint density at radius 1 is 1.02 bits per heavy atom. The molecule has 3 N–H and O–H groups in total. The van der Waals surface area contributed by atoms with Gasteiger partial charge in [-0.2, -0.15) is 0 Å². The number of halogens is 1. The molecule has 10 nitrogen and oxygen atoms in total. The molecule has 2 aliphatic rings. The summed E-state index contributed by atoms with van der Waals surface area (Å²) in [6.45, 7) is 4.25. The first-order chi connectivity index (χ1) is 21.2. The summed E-state index contributed by atoms with van der Waals surface area (Å²) in [4.78, 5) is 54.8. The largest absolute Gasteiger partial charge is 0.465 e. The van der Waals surface area contributed by atoms with Gasteiger partial charge in [0.15, 0.2) is 0 Å². The van der Waals surface area contributed by atoms with E-state index in [1.165, 1.54) is 12.1 Å². The maximum atomic E-state index is 13.7. The lowest BCUT2D eigenvalue weighted by atomic mass is 9.65. The summed E-state index contributed by atoms with van der Waals surface area (Å²) in [5.74, 6) is -1.98. The molecule has 1 saturated carbocycles. The molecule has 1 saturated heterocycles. The number of morpholine rings is 1. The highest BCUT2D eigenvalue weighted by Crippen LogP contribution is 2.45. The fourth-order valence-electron chi connectivity index (χ4n) is 5.98. The fourth-order valence-corrected chi connectivity index (χ4v) is 5.98. The minimum absolute atomic E-state index is 0.0887. The van der Waals surface area contributed by atoms with Crippen LogP contribution in [0.2, 0.25) is 0 Å². The van der Waals surface area contributed by atoms with Gasteiger partial charge in [0.1, 0.15) is 11.9 Å². The number of unbranched alkanes of at least 4 members (excludes halogenated alkanes) is 1. The molecule has 0 bridgehead atoms. The second kappa shape index (κ2) is 15.7. The van der Waals surface area contributed by atoms with Crippen LogP contribution in [-0.4, -0.2) is 84.2 Å². The highest BCUT2D eigenvalue weighted by molar-refractivity contribution is 6.38. The third-order valence-corrected chi connectivity index (χ3v) is 8.69. The fraction of sp³-hybridized carbons (Fsp3) is 0.515. The van der Waals surface area contributed by atoms with Gasteiger partial charge in [-0.3, -0.25) is 14.5 Å². The van der Waals surface area contributed by atoms with Crippen LogP contribution < -0.4 is 10.6 Å². The van der Waals surface area contributed by atoms with Crippen LogP contribution in [0.1, 0.15) is 62.6 Å². The summed E-state index contributed by atoms with van der Waals surface area (Å²) in [7, 11) is 0. The van der Waals surface area contributed by atoms with Crippen LogP contribution in [0.3, 0.4) is 0 Å². The number of carboxylic acid groups (broad SMARTS) is 1. The molecule has 0 radical (unpaired) electrons. The van der Waals surface area contributed by atoms with Crippen molar-refractivity contribution in [3.8, 4) is 0 Å². The molecule has 1 aliphatic carbocycles. The molecule has 0 aromatic heterocycles. The lowest BCUT2D eigenvalue weighted by Gasteiger charge is -2.46. The van der Waals surface area contributed by atoms with Gasteiger partial charge in [0, 0.05) is 26.2 Å². The molecule has 4 amide bonds. The number of ketones is 1. The highest BCUT2D eigenvalue weighted by Gasteiger charge is 2.43. The van der Waals surface area contributed by atoms with Crippen molar-refractivity contribution in [2.45, 2.75) is 64.0 Å². The smallest absolute Gasteiger partial charge is 0.407 e. The summed E-state index contributed by atoms with van der Waals surface area (Å²) >= 11 is 0. The zero-order valence-electron chi connectivity index (χ0n) is 25.3. The number of carbonyl (C=O) groups is 4. The molecular weight excluding hydrogens is 567 g/mol. The number of Topliss-reactive ketones (excluding diaryl/α,β-unsaturated/α-hetero) is 1. The number of benzene rings is 2. The van der Waals surface area contributed by atoms with E-state index >= 15 is 0 Å². The Balaban J connectivity index is 1.45. The van der Waals surface area contributed by atoms with Crippen molar-refractivity contribution in [2.24, 2.45) is 5.41 Å². The Kier molecular flexibility index (Phi) is 11.7. The van der Waals surface area contributed by atoms with Crippen LogP contribution in [0.15, 0.2) is 54.6 Å². The van der Waals surface area contributed by atoms with E-state index in [-0.39, 0.29) is 24.8 Å². The second-order valence-electron chi connectivity index (χ2n) is 11.9. The average Bonchev–Trinajstić information content (AvgIpc) is 3.01. The number of nitrogens with one attached hydrogen (secondary N) is 2. The lowest BCUT2D eigenvalue weighted by Crippen LogP contribution is -2.55. The number of ether oxygens (including phenoxy) is 1. The first-order valence-electron chi connectivity index (χ1n) is 15.4. The Hall–Kier alpha value is -3.99. The van der Waals surface area contributed by atoms with Crippen molar-refractivity contribution >= 4 is 23.8 Å². The van der Waals surface area contributed by atoms with Crippen LogP contribution in [0, 0.1) is 11.2 Å². The van der Waals surface area contributed by atoms with E-state index in [4.69, 9.17) is 4.74 Å². The Morgan fingerprint density at radius 2 is 1.70 bits per heavy atom. The molecule has 2 aromatic rings. The predicted octanol–water partition coefficient (Wildman–Crippen LogP) is 4.55. The van der Waals surface area contributed by atoms with Gasteiger partial charge in [0.2, 0.25) is 5.78 Å². The number of rotatable bonds is 14. The van der Waals surface area contributed by atoms with Gasteiger partial charge in [0.25, 0.3) is 5.91 Å². The molecule has 1 heterocycles. The average molecular weight is 611 g/mol. The SMILES string of the molecule is C[C@@H](NC(=O)C(=O)[C@H](CCCCNC(=O)N1CCOCC1)N(CC1(Cc2ccc(F)cc2)CCC1)C(=O)O)c1ccccc1. The Labute approximate surface area is 257 Å². The quantitative estimate of drug-likeness (QED) is 0.213. The number of hydrogen-bond acceptors (Lipinski definition) is 5. The number of hydrogen-bond donors (Lipinski definition) is 3. The summed E-state index contributed by atoms with van der Waals surface area (Å²) in [5, 5.41) is 16.0. The van der Waals surface area contributed by atoms with Crippen LogP contribution in [0.25, 0.3) is 0 Å². The van der Waals surface area contributed by atoms with Gasteiger partial charge < -0.3 is 25.4 Å². The Bertz CT molecular complexity index is 1260. The number of carbonyl (C=O) groups excluding carboxylic acids is 3. The zero-order valence-corrected chi connectivity index (χ0v) is 25.3.